The predicted molar refractivity (Wildman–Crippen MR) is 107 cm³/mol. The number of hydrogen-bond acceptors (Lipinski definition) is 3. The van der Waals surface area contributed by atoms with Crippen molar-refractivity contribution in [1.82, 2.24) is 20.0 Å². The van der Waals surface area contributed by atoms with Crippen molar-refractivity contribution in [3.8, 4) is 0 Å². The standard InChI is InChI=1S/C22H24N4O2/c1-15-9-11-16(12-10-15)14-23-21(27)19-18-8-4-5-13-26(18)20(25-19)22(28)24-17-6-2-3-7-17/h4-5,8-13,17H,2-3,6-7,14H2,1H3,(H,23,27)(H,24,28). The normalized spacial score (nSPS) is 14.3. The average molecular weight is 376 g/mol. The van der Waals surface area contributed by atoms with E-state index >= 15 is 0 Å². The summed E-state index contributed by atoms with van der Waals surface area (Å²) < 4.78 is 1.69. The van der Waals surface area contributed by atoms with E-state index in [0.717, 1.165) is 31.2 Å². The van der Waals surface area contributed by atoms with Gasteiger partial charge >= 0.3 is 0 Å². The van der Waals surface area contributed by atoms with Gasteiger partial charge in [0.05, 0.1) is 5.52 Å². The Labute approximate surface area is 164 Å². The number of rotatable bonds is 5. The van der Waals surface area contributed by atoms with E-state index in [1.807, 2.05) is 43.3 Å². The maximum Gasteiger partial charge on any atom is 0.287 e. The second kappa shape index (κ2) is 7.84. The maximum atomic E-state index is 12.8. The lowest BCUT2D eigenvalue weighted by molar-refractivity contribution is 0.0926. The van der Waals surface area contributed by atoms with Gasteiger partial charge in [-0.3, -0.25) is 14.0 Å². The van der Waals surface area contributed by atoms with Crippen LogP contribution in [0.25, 0.3) is 5.52 Å². The summed E-state index contributed by atoms with van der Waals surface area (Å²) in [5.41, 5.74) is 3.08. The molecule has 2 aromatic heterocycles. The molecule has 0 spiro atoms. The summed E-state index contributed by atoms with van der Waals surface area (Å²) in [6.45, 7) is 2.44. The Morgan fingerprint density at radius 1 is 1.07 bits per heavy atom. The van der Waals surface area contributed by atoms with E-state index < -0.39 is 0 Å². The molecule has 1 aromatic carbocycles. The SMILES string of the molecule is Cc1ccc(CNC(=O)c2nc(C(=O)NC3CCCC3)n3ccccc23)cc1. The van der Waals surface area contributed by atoms with Crippen LogP contribution in [0.5, 0.6) is 0 Å². The maximum absolute atomic E-state index is 12.8. The minimum atomic E-state index is -0.288. The van der Waals surface area contributed by atoms with Gasteiger partial charge in [-0.05, 0) is 37.5 Å². The number of fused-ring (bicyclic) bond motifs is 1. The molecule has 0 aliphatic heterocycles. The number of carbonyl (C=O) groups excluding carboxylic acids is 2. The second-order valence-electron chi connectivity index (χ2n) is 7.36. The first kappa shape index (κ1) is 18.2. The van der Waals surface area contributed by atoms with Crippen LogP contribution in [0.15, 0.2) is 48.7 Å². The highest BCUT2D eigenvalue weighted by Gasteiger charge is 2.24. The third kappa shape index (κ3) is 3.76. The van der Waals surface area contributed by atoms with Crippen molar-refractivity contribution in [2.75, 3.05) is 0 Å². The lowest BCUT2D eigenvalue weighted by atomic mass is 10.1. The van der Waals surface area contributed by atoms with Crippen LogP contribution in [-0.2, 0) is 6.54 Å². The minimum Gasteiger partial charge on any atom is -0.347 e. The van der Waals surface area contributed by atoms with Crippen molar-refractivity contribution < 1.29 is 9.59 Å². The van der Waals surface area contributed by atoms with Crippen molar-refractivity contribution in [3.05, 3.63) is 71.3 Å². The third-order valence-corrected chi connectivity index (χ3v) is 5.23. The predicted octanol–water partition coefficient (Wildman–Crippen LogP) is 3.25. The summed E-state index contributed by atoms with van der Waals surface area (Å²) in [6, 6.07) is 13.7. The zero-order valence-corrected chi connectivity index (χ0v) is 15.9. The first-order valence-electron chi connectivity index (χ1n) is 9.73. The Hall–Kier alpha value is -3.15. The Bertz CT molecular complexity index is 1000. The molecule has 2 N–H and O–H groups in total. The fourth-order valence-electron chi connectivity index (χ4n) is 3.66. The first-order valence-corrected chi connectivity index (χ1v) is 9.73. The Morgan fingerprint density at radius 3 is 2.57 bits per heavy atom. The smallest absolute Gasteiger partial charge is 0.287 e. The van der Waals surface area contributed by atoms with Gasteiger partial charge in [-0.15, -0.1) is 0 Å². The molecule has 0 saturated heterocycles. The van der Waals surface area contributed by atoms with Crippen LogP contribution in [0.4, 0.5) is 0 Å². The number of nitrogens with zero attached hydrogens (tertiary/aromatic N) is 2. The fourth-order valence-corrected chi connectivity index (χ4v) is 3.66. The van der Waals surface area contributed by atoms with Crippen molar-refractivity contribution in [2.45, 2.75) is 45.2 Å². The van der Waals surface area contributed by atoms with Gasteiger partial charge in [-0.25, -0.2) is 4.98 Å². The molecule has 4 rings (SSSR count). The van der Waals surface area contributed by atoms with Gasteiger partial charge in [-0.1, -0.05) is 48.7 Å². The van der Waals surface area contributed by atoms with Gasteiger partial charge in [0.25, 0.3) is 11.8 Å². The zero-order valence-electron chi connectivity index (χ0n) is 15.9. The zero-order chi connectivity index (χ0) is 19.5. The van der Waals surface area contributed by atoms with Crippen LogP contribution in [0, 0.1) is 6.92 Å². The molecule has 144 valence electrons. The number of pyridine rings is 1. The molecule has 3 aromatic rings. The number of aryl methyl sites for hydroxylation is 1. The van der Waals surface area contributed by atoms with Gasteiger partial charge in [-0.2, -0.15) is 0 Å². The Morgan fingerprint density at radius 2 is 1.82 bits per heavy atom. The summed E-state index contributed by atoms with van der Waals surface area (Å²) in [4.78, 5) is 29.9. The molecule has 1 aliphatic carbocycles. The molecule has 0 atom stereocenters. The van der Waals surface area contributed by atoms with Gasteiger partial charge in [0.15, 0.2) is 5.69 Å². The Kier molecular flexibility index (Phi) is 5.10. The topological polar surface area (TPSA) is 75.5 Å². The largest absolute Gasteiger partial charge is 0.347 e. The lowest BCUT2D eigenvalue weighted by Gasteiger charge is -2.10. The second-order valence-corrected chi connectivity index (χ2v) is 7.36. The molecular weight excluding hydrogens is 352 g/mol. The Balaban J connectivity index is 1.55. The minimum absolute atomic E-state index is 0.197. The molecule has 1 saturated carbocycles. The molecule has 28 heavy (non-hydrogen) atoms. The number of benzene rings is 1. The van der Waals surface area contributed by atoms with Gasteiger partial charge in [0, 0.05) is 18.8 Å². The molecule has 0 radical (unpaired) electrons. The van der Waals surface area contributed by atoms with Crippen LogP contribution < -0.4 is 10.6 Å². The number of carbonyl (C=O) groups is 2. The van der Waals surface area contributed by atoms with Gasteiger partial charge < -0.3 is 10.6 Å². The van der Waals surface area contributed by atoms with Crippen LogP contribution in [0.2, 0.25) is 0 Å². The number of amides is 2. The van der Waals surface area contributed by atoms with Crippen molar-refractivity contribution in [2.24, 2.45) is 0 Å². The molecule has 2 heterocycles. The van der Waals surface area contributed by atoms with E-state index in [4.69, 9.17) is 0 Å². The summed E-state index contributed by atoms with van der Waals surface area (Å²) in [7, 11) is 0. The third-order valence-electron chi connectivity index (χ3n) is 5.23. The summed E-state index contributed by atoms with van der Waals surface area (Å²) in [5, 5.41) is 5.95. The summed E-state index contributed by atoms with van der Waals surface area (Å²) >= 11 is 0. The van der Waals surface area contributed by atoms with E-state index in [1.165, 1.54) is 5.56 Å². The first-order chi connectivity index (χ1) is 13.6. The van der Waals surface area contributed by atoms with E-state index in [0.29, 0.717) is 12.1 Å². The fraction of sp³-hybridized carbons (Fsp3) is 0.318. The van der Waals surface area contributed by atoms with Crippen LogP contribution in [0.1, 0.15) is 57.9 Å². The molecule has 1 fully saturated rings. The van der Waals surface area contributed by atoms with Crippen molar-refractivity contribution in [1.29, 1.82) is 0 Å². The van der Waals surface area contributed by atoms with E-state index in [1.54, 1.807) is 16.7 Å². The van der Waals surface area contributed by atoms with Crippen LogP contribution in [-0.4, -0.2) is 27.2 Å². The number of aromatic nitrogens is 2. The van der Waals surface area contributed by atoms with Crippen LogP contribution in [0.3, 0.4) is 0 Å². The highest BCUT2D eigenvalue weighted by molar-refractivity contribution is 6.02. The van der Waals surface area contributed by atoms with Crippen molar-refractivity contribution >= 4 is 17.3 Å². The van der Waals surface area contributed by atoms with Gasteiger partial charge in [0.1, 0.15) is 0 Å². The molecule has 6 heteroatoms. The number of hydrogen-bond donors (Lipinski definition) is 2. The molecule has 6 nitrogen and oxygen atoms in total. The van der Waals surface area contributed by atoms with E-state index in [-0.39, 0.29) is 29.4 Å². The lowest BCUT2D eigenvalue weighted by Crippen LogP contribution is -2.34. The molecule has 1 aliphatic rings. The number of nitrogens with one attached hydrogen (secondary N) is 2. The average Bonchev–Trinajstić information content (AvgIpc) is 3.35. The highest BCUT2D eigenvalue weighted by atomic mass is 16.2. The van der Waals surface area contributed by atoms with E-state index in [2.05, 4.69) is 15.6 Å². The number of imidazole rings is 1. The summed E-state index contributed by atoms with van der Waals surface area (Å²) in [5.74, 6) is -0.266. The molecule has 2 amide bonds. The quantitative estimate of drug-likeness (QED) is 0.718. The highest BCUT2D eigenvalue weighted by Crippen LogP contribution is 2.19. The van der Waals surface area contributed by atoms with Crippen molar-refractivity contribution in [3.63, 3.8) is 0 Å². The molecule has 0 unspecified atom stereocenters. The van der Waals surface area contributed by atoms with Crippen LogP contribution >= 0.6 is 0 Å². The summed E-state index contributed by atoms with van der Waals surface area (Å²) in [6.07, 6.45) is 6.04. The monoisotopic (exact) mass is 376 g/mol. The molecule has 0 bridgehead atoms. The van der Waals surface area contributed by atoms with Gasteiger partial charge in [0.2, 0.25) is 5.82 Å². The van der Waals surface area contributed by atoms with E-state index in [9.17, 15) is 9.59 Å². The molecular formula is C22H24N4O2.